The highest BCUT2D eigenvalue weighted by Crippen LogP contribution is 2.23. The van der Waals surface area contributed by atoms with E-state index in [1.807, 2.05) is 30.3 Å². The molecule has 0 saturated carbocycles. The van der Waals surface area contributed by atoms with E-state index in [4.69, 9.17) is 11.6 Å². The minimum absolute atomic E-state index is 0.0700. The van der Waals surface area contributed by atoms with Gasteiger partial charge in [-0.2, -0.15) is 0 Å². The van der Waals surface area contributed by atoms with Crippen LogP contribution in [0.15, 0.2) is 59.5 Å². The first-order valence-electron chi connectivity index (χ1n) is 7.44. The van der Waals surface area contributed by atoms with Crippen LogP contribution in [0, 0.1) is 0 Å². The van der Waals surface area contributed by atoms with Crippen LogP contribution in [0.2, 0.25) is 5.02 Å². The Morgan fingerprint density at radius 3 is 2.43 bits per heavy atom. The standard InChI is InChI=1S/C17H20ClNO3S/c18-16-7-4-8-17(13-16)23(21,22)19-11-9-15(10-12-20)14-5-2-1-3-6-14/h1-8,13,15,19-20H,9-12H2. The predicted molar refractivity (Wildman–Crippen MR) is 92.1 cm³/mol. The number of hydrogen-bond donors (Lipinski definition) is 2. The van der Waals surface area contributed by atoms with Gasteiger partial charge in [-0.3, -0.25) is 0 Å². The molecule has 0 aromatic heterocycles. The van der Waals surface area contributed by atoms with Crippen LogP contribution in [-0.4, -0.2) is 26.7 Å². The van der Waals surface area contributed by atoms with Crippen molar-refractivity contribution in [3.63, 3.8) is 0 Å². The first kappa shape index (κ1) is 17.9. The lowest BCUT2D eigenvalue weighted by Gasteiger charge is -2.16. The summed E-state index contributed by atoms with van der Waals surface area (Å²) in [4.78, 5) is 0.156. The van der Waals surface area contributed by atoms with E-state index >= 15 is 0 Å². The van der Waals surface area contributed by atoms with Crippen LogP contribution in [0.3, 0.4) is 0 Å². The summed E-state index contributed by atoms with van der Waals surface area (Å²) in [6.45, 7) is 0.370. The van der Waals surface area contributed by atoms with E-state index < -0.39 is 10.0 Å². The average Bonchev–Trinajstić information content (AvgIpc) is 2.55. The largest absolute Gasteiger partial charge is 0.396 e. The molecule has 0 aliphatic carbocycles. The number of halogens is 1. The van der Waals surface area contributed by atoms with Crippen molar-refractivity contribution in [2.75, 3.05) is 13.2 Å². The van der Waals surface area contributed by atoms with Gasteiger partial charge in [0.15, 0.2) is 0 Å². The van der Waals surface area contributed by atoms with Crippen LogP contribution in [0.5, 0.6) is 0 Å². The van der Waals surface area contributed by atoms with Gasteiger partial charge in [0.25, 0.3) is 0 Å². The van der Waals surface area contributed by atoms with Gasteiger partial charge in [-0.15, -0.1) is 0 Å². The molecule has 0 aliphatic rings. The van der Waals surface area contributed by atoms with Crippen molar-refractivity contribution < 1.29 is 13.5 Å². The van der Waals surface area contributed by atoms with E-state index in [0.29, 0.717) is 24.4 Å². The first-order chi connectivity index (χ1) is 11.0. The highest BCUT2D eigenvalue weighted by Gasteiger charge is 2.16. The number of sulfonamides is 1. The molecular formula is C17H20ClNO3S. The SMILES string of the molecule is O=S(=O)(NCCC(CCO)c1ccccc1)c1cccc(Cl)c1. The second kappa shape index (κ2) is 8.45. The molecule has 1 unspecified atom stereocenters. The molecule has 0 amide bonds. The molecule has 0 saturated heterocycles. The predicted octanol–water partition coefficient (Wildman–Crippen LogP) is 3.17. The van der Waals surface area contributed by atoms with Gasteiger partial charge in [0.1, 0.15) is 0 Å². The fourth-order valence-corrected chi connectivity index (χ4v) is 3.79. The lowest BCUT2D eigenvalue weighted by atomic mass is 9.93. The fraction of sp³-hybridized carbons (Fsp3) is 0.294. The summed E-state index contributed by atoms with van der Waals surface area (Å²) in [7, 11) is -3.57. The lowest BCUT2D eigenvalue weighted by molar-refractivity contribution is 0.273. The minimum Gasteiger partial charge on any atom is -0.396 e. The third kappa shape index (κ3) is 5.32. The zero-order chi connectivity index (χ0) is 16.7. The van der Waals surface area contributed by atoms with Crippen molar-refractivity contribution >= 4 is 21.6 Å². The van der Waals surface area contributed by atoms with E-state index in [1.54, 1.807) is 12.1 Å². The van der Waals surface area contributed by atoms with Gasteiger partial charge in [0.05, 0.1) is 4.90 Å². The highest BCUT2D eigenvalue weighted by atomic mass is 35.5. The summed E-state index contributed by atoms with van der Waals surface area (Å²) in [6.07, 6.45) is 1.22. The summed E-state index contributed by atoms with van der Waals surface area (Å²) < 4.78 is 27.1. The Bertz CT molecular complexity index is 720. The van der Waals surface area contributed by atoms with Gasteiger partial charge in [-0.25, -0.2) is 13.1 Å². The first-order valence-corrected chi connectivity index (χ1v) is 9.30. The van der Waals surface area contributed by atoms with Gasteiger partial charge in [-0.1, -0.05) is 48.0 Å². The Kier molecular flexibility index (Phi) is 6.59. The van der Waals surface area contributed by atoms with Crippen molar-refractivity contribution in [1.82, 2.24) is 4.72 Å². The van der Waals surface area contributed by atoms with Crippen molar-refractivity contribution in [3.05, 3.63) is 65.2 Å². The van der Waals surface area contributed by atoms with Gasteiger partial charge in [0.2, 0.25) is 10.0 Å². The second-order valence-corrected chi connectivity index (χ2v) is 7.47. The molecule has 124 valence electrons. The van der Waals surface area contributed by atoms with Crippen LogP contribution < -0.4 is 4.72 Å². The number of hydrogen-bond acceptors (Lipinski definition) is 3. The molecular weight excluding hydrogens is 334 g/mol. The molecule has 0 radical (unpaired) electrons. The summed E-state index contributed by atoms with van der Waals surface area (Å²) in [5.41, 5.74) is 1.10. The molecule has 2 aromatic carbocycles. The van der Waals surface area contributed by atoms with Gasteiger partial charge >= 0.3 is 0 Å². The smallest absolute Gasteiger partial charge is 0.240 e. The summed E-state index contributed by atoms with van der Waals surface area (Å²) in [6, 6.07) is 16.0. The number of nitrogens with one attached hydrogen (secondary N) is 1. The lowest BCUT2D eigenvalue weighted by Crippen LogP contribution is -2.26. The third-order valence-electron chi connectivity index (χ3n) is 3.64. The van der Waals surface area contributed by atoms with Crippen LogP contribution in [-0.2, 0) is 10.0 Å². The zero-order valence-electron chi connectivity index (χ0n) is 12.7. The molecule has 2 N–H and O–H groups in total. The molecule has 0 fully saturated rings. The molecule has 0 aliphatic heterocycles. The molecule has 2 rings (SSSR count). The van der Waals surface area contributed by atoms with Crippen LogP contribution in [0.25, 0.3) is 0 Å². The Hall–Kier alpha value is -1.40. The van der Waals surface area contributed by atoms with E-state index in [-0.39, 0.29) is 17.4 Å². The molecule has 4 nitrogen and oxygen atoms in total. The number of aliphatic hydroxyl groups is 1. The van der Waals surface area contributed by atoms with E-state index in [2.05, 4.69) is 4.72 Å². The van der Waals surface area contributed by atoms with E-state index in [0.717, 1.165) is 5.56 Å². The zero-order valence-corrected chi connectivity index (χ0v) is 14.2. The van der Waals surface area contributed by atoms with Crippen molar-refractivity contribution in [2.45, 2.75) is 23.7 Å². The quantitative estimate of drug-likeness (QED) is 0.766. The number of benzene rings is 2. The monoisotopic (exact) mass is 353 g/mol. The number of aliphatic hydroxyl groups excluding tert-OH is 1. The van der Waals surface area contributed by atoms with Gasteiger partial charge in [-0.05, 0) is 42.5 Å². The van der Waals surface area contributed by atoms with Crippen LogP contribution in [0.1, 0.15) is 24.3 Å². The Morgan fingerprint density at radius 2 is 1.78 bits per heavy atom. The molecule has 23 heavy (non-hydrogen) atoms. The Labute approximate surface area is 142 Å². The number of rotatable bonds is 8. The van der Waals surface area contributed by atoms with E-state index in [1.165, 1.54) is 12.1 Å². The summed E-state index contributed by atoms with van der Waals surface area (Å²) >= 11 is 5.84. The molecule has 0 spiro atoms. The fourth-order valence-electron chi connectivity index (χ4n) is 2.44. The third-order valence-corrected chi connectivity index (χ3v) is 5.33. The highest BCUT2D eigenvalue weighted by molar-refractivity contribution is 7.89. The maximum Gasteiger partial charge on any atom is 0.240 e. The molecule has 0 heterocycles. The maximum absolute atomic E-state index is 12.2. The van der Waals surface area contributed by atoms with E-state index in [9.17, 15) is 13.5 Å². The maximum atomic E-state index is 12.2. The average molecular weight is 354 g/mol. The molecule has 6 heteroatoms. The summed E-state index contributed by atoms with van der Waals surface area (Å²) in [5.74, 6) is 0.114. The normalized spacial score (nSPS) is 13.0. The molecule has 1 atom stereocenters. The van der Waals surface area contributed by atoms with Crippen molar-refractivity contribution in [1.29, 1.82) is 0 Å². The second-order valence-electron chi connectivity index (χ2n) is 5.26. The van der Waals surface area contributed by atoms with Gasteiger partial charge < -0.3 is 5.11 Å². The molecule has 0 bridgehead atoms. The Morgan fingerprint density at radius 1 is 1.04 bits per heavy atom. The Balaban J connectivity index is 1.99. The van der Waals surface area contributed by atoms with Crippen LogP contribution in [0.4, 0.5) is 0 Å². The topological polar surface area (TPSA) is 66.4 Å². The van der Waals surface area contributed by atoms with Gasteiger partial charge in [0, 0.05) is 18.2 Å². The van der Waals surface area contributed by atoms with Crippen molar-refractivity contribution in [2.24, 2.45) is 0 Å². The molecule has 2 aromatic rings. The minimum atomic E-state index is -3.57. The van der Waals surface area contributed by atoms with Crippen LogP contribution >= 0.6 is 11.6 Å². The summed E-state index contributed by atoms with van der Waals surface area (Å²) in [5, 5.41) is 9.60. The van der Waals surface area contributed by atoms with Crippen molar-refractivity contribution in [3.8, 4) is 0 Å².